The third kappa shape index (κ3) is 5.19. The summed E-state index contributed by atoms with van der Waals surface area (Å²) in [6.45, 7) is 3.43. The maximum atomic E-state index is 5.89. The minimum Gasteiger partial charge on any atom is -0.444 e. The highest BCUT2D eigenvalue weighted by Gasteiger charge is 2.06. The van der Waals surface area contributed by atoms with Crippen LogP contribution in [0.5, 0.6) is 0 Å². The Labute approximate surface area is 151 Å². The average molecular weight is 354 g/mol. The van der Waals surface area contributed by atoms with Crippen LogP contribution in [0.25, 0.3) is 11.5 Å². The fourth-order valence-corrected chi connectivity index (χ4v) is 3.06. The molecule has 3 N–H and O–H groups in total. The Morgan fingerprint density at radius 3 is 2.84 bits per heavy atom. The molecule has 25 heavy (non-hydrogen) atoms. The molecule has 0 atom stereocenters. The lowest BCUT2D eigenvalue weighted by atomic mass is 10.1. The summed E-state index contributed by atoms with van der Waals surface area (Å²) in [6.07, 6.45) is 3.35. The van der Waals surface area contributed by atoms with Crippen molar-refractivity contribution < 1.29 is 4.42 Å². The van der Waals surface area contributed by atoms with Crippen molar-refractivity contribution in [1.82, 2.24) is 10.3 Å². The van der Waals surface area contributed by atoms with Gasteiger partial charge in [0.2, 0.25) is 5.89 Å². The lowest BCUT2D eigenvalue weighted by Crippen LogP contribution is -2.33. The molecule has 0 bridgehead atoms. The molecule has 0 unspecified atom stereocenters. The molecule has 0 radical (unpaired) electrons. The zero-order valence-electron chi connectivity index (χ0n) is 14.2. The molecule has 0 aliphatic heterocycles. The fraction of sp³-hybridized carbons (Fsp3) is 0.263. The van der Waals surface area contributed by atoms with E-state index < -0.39 is 0 Å². The maximum Gasteiger partial charge on any atom is 0.226 e. The highest BCUT2D eigenvalue weighted by atomic mass is 32.1. The molecule has 0 saturated carbocycles. The number of aromatic nitrogens is 1. The number of nitrogens with two attached hydrogens (primary N) is 1. The number of aliphatic imine (C=N–C) groups is 1. The van der Waals surface area contributed by atoms with Gasteiger partial charge in [-0.3, -0.25) is 4.99 Å². The molecule has 2 aromatic heterocycles. The number of benzene rings is 1. The number of rotatable bonds is 7. The van der Waals surface area contributed by atoms with Crippen LogP contribution in [-0.2, 0) is 12.8 Å². The number of hydrogen-bond acceptors (Lipinski definition) is 4. The van der Waals surface area contributed by atoms with Crippen molar-refractivity contribution in [3.05, 3.63) is 64.2 Å². The Kier molecular flexibility index (Phi) is 5.85. The first-order valence-corrected chi connectivity index (χ1v) is 9.16. The van der Waals surface area contributed by atoms with Gasteiger partial charge in [0.25, 0.3) is 0 Å². The van der Waals surface area contributed by atoms with Gasteiger partial charge in [-0.2, -0.15) is 0 Å². The van der Waals surface area contributed by atoms with Crippen molar-refractivity contribution in [2.24, 2.45) is 10.7 Å². The summed E-state index contributed by atoms with van der Waals surface area (Å²) in [5, 5.41) is 5.19. The molecule has 1 aromatic carbocycles. The number of guanidine groups is 1. The van der Waals surface area contributed by atoms with E-state index in [1.165, 1.54) is 10.4 Å². The Bertz CT molecular complexity index is 806. The van der Waals surface area contributed by atoms with Crippen molar-refractivity contribution in [2.45, 2.75) is 19.8 Å². The van der Waals surface area contributed by atoms with Crippen LogP contribution >= 0.6 is 11.3 Å². The van der Waals surface area contributed by atoms with Crippen LogP contribution in [0.1, 0.15) is 16.1 Å². The normalized spacial score (nSPS) is 11.6. The SMILES string of the molecule is Cc1ccc(-c2nc(CCNC(N)=NCCc3cccs3)co2)cc1. The van der Waals surface area contributed by atoms with E-state index in [4.69, 9.17) is 10.2 Å². The molecule has 0 aliphatic carbocycles. The minimum atomic E-state index is 0.471. The van der Waals surface area contributed by atoms with E-state index in [2.05, 4.69) is 33.7 Å². The van der Waals surface area contributed by atoms with Crippen molar-refractivity contribution in [2.75, 3.05) is 13.1 Å². The van der Waals surface area contributed by atoms with Crippen LogP contribution in [0.4, 0.5) is 0 Å². The Morgan fingerprint density at radius 1 is 1.24 bits per heavy atom. The standard InChI is InChI=1S/C19H22N4OS/c1-14-4-6-15(7-5-14)18-23-16(13-24-18)8-10-21-19(20)22-11-9-17-3-2-12-25-17/h2-7,12-13H,8-11H2,1H3,(H3,20,21,22). The first-order valence-electron chi connectivity index (χ1n) is 8.28. The third-order valence-corrected chi connectivity index (χ3v) is 4.69. The summed E-state index contributed by atoms with van der Waals surface area (Å²) in [4.78, 5) is 10.2. The largest absolute Gasteiger partial charge is 0.444 e. The van der Waals surface area contributed by atoms with Crippen molar-refractivity contribution in [1.29, 1.82) is 0 Å². The van der Waals surface area contributed by atoms with Crippen molar-refractivity contribution >= 4 is 17.3 Å². The monoisotopic (exact) mass is 354 g/mol. The van der Waals surface area contributed by atoms with Gasteiger partial charge in [0.15, 0.2) is 5.96 Å². The fourth-order valence-electron chi connectivity index (χ4n) is 2.37. The molecule has 0 spiro atoms. The van der Waals surface area contributed by atoms with E-state index in [-0.39, 0.29) is 0 Å². The first kappa shape index (κ1) is 17.2. The van der Waals surface area contributed by atoms with Gasteiger partial charge in [-0.25, -0.2) is 4.98 Å². The zero-order valence-corrected chi connectivity index (χ0v) is 15.1. The van der Waals surface area contributed by atoms with E-state index in [0.29, 0.717) is 24.9 Å². The number of aryl methyl sites for hydroxylation is 1. The maximum absolute atomic E-state index is 5.89. The molecule has 5 nitrogen and oxygen atoms in total. The van der Waals surface area contributed by atoms with E-state index in [9.17, 15) is 0 Å². The summed E-state index contributed by atoms with van der Waals surface area (Å²) in [5.41, 5.74) is 8.99. The molecule has 3 aromatic rings. The predicted molar refractivity (Wildman–Crippen MR) is 103 cm³/mol. The lowest BCUT2D eigenvalue weighted by molar-refractivity contribution is 0.572. The predicted octanol–water partition coefficient (Wildman–Crippen LogP) is 3.40. The van der Waals surface area contributed by atoms with E-state index in [1.807, 2.05) is 30.3 Å². The van der Waals surface area contributed by atoms with Crippen LogP contribution in [0.15, 0.2) is 57.5 Å². The number of hydrogen-bond donors (Lipinski definition) is 2. The number of nitrogens with zero attached hydrogens (tertiary/aromatic N) is 2. The molecular formula is C19H22N4OS. The van der Waals surface area contributed by atoms with Crippen LogP contribution in [-0.4, -0.2) is 24.0 Å². The molecular weight excluding hydrogens is 332 g/mol. The molecule has 0 saturated heterocycles. The van der Waals surface area contributed by atoms with Gasteiger partial charge in [0, 0.05) is 36.4 Å². The van der Waals surface area contributed by atoms with Crippen LogP contribution < -0.4 is 11.1 Å². The summed E-state index contributed by atoms with van der Waals surface area (Å²) in [7, 11) is 0. The van der Waals surface area contributed by atoms with Gasteiger partial charge < -0.3 is 15.5 Å². The second-order valence-corrected chi connectivity index (χ2v) is 6.82. The van der Waals surface area contributed by atoms with Crippen LogP contribution in [0.3, 0.4) is 0 Å². The highest BCUT2D eigenvalue weighted by molar-refractivity contribution is 7.09. The van der Waals surface area contributed by atoms with Gasteiger partial charge in [-0.05, 0) is 30.5 Å². The minimum absolute atomic E-state index is 0.471. The Balaban J connectivity index is 1.43. The Hall–Kier alpha value is -2.60. The first-order chi connectivity index (χ1) is 12.2. The summed E-state index contributed by atoms with van der Waals surface area (Å²) in [6, 6.07) is 12.3. The Morgan fingerprint density at radius 2 is 2.08 bits per heavy atom. The van der Waals surface area contributed by atoms with Gasteiger partial charge in [0.1, 0.15) is 6.26 Å². The van der Waals surface area contributed by atoms with Gasteiger partial charge in [-0.1, -0.05) is 23.8 Å². The van der Waals surface area contributed by atoms with Gasteiger partial charge in [-0.15, -0.1) is 11.3 Å². The molecule has 0 aliphatic rings. The van der Waals surface area contributed by atoms with E-state index >= 15 is 0 Å². The summed E-state index contributed by atoms with van der Waals surface area (Å²) in [5.74, 6) is 1.12. The van der Waals surface area contributed by atoms with Crippen molar-refractivity contribution in [3.8, 4) is 11.5 Å². The third-order valence-electron chi connectivity index (χ3n) is 3.76. The average Bonchev–Trinajstić information content (AvgIpc) is 3.28. The highest BCUT2D eigenvalue weighted by Crippen LogP contribution is 2.19. The molecule has 3 rings (SSSR count). The second kappa shape index (κ2) is 8.48. The summed E-state index contributed by atoms with van der Waals surface area (Å²) < 4.78 is 5.56. The summed E-state index contributed by atoms with van der Waals surface area (Å²) >= 11 is 1.74. The van der Waals surface area contributed by atoms with E-state index in [0.717, 1.165) is 24.1 Å². The molecule has 2 heterocycles. The topological polar surface area (TPSA) is 76.4 Å². The molecule has 6 heteroatoms. The van der Waals surface area contributed by atoms with Gasteiger partial charge in [0.05, 0.1) is 5.69 Å². The molecule has 0 amide bonds. The van der Waals surface area contributed by atoms with Gasteiger partial charge >= 0.3 is 0 Å². The second-order valence-electron chi connectivity index (χ2n) is 5.78. The molecule has 0 fully saturated rings. The molecule has 130 valence electrons. The zero-order chi connectivity index (χ0) is 17.5. The van der Waals surface area contributed by atoms with Crippen molar-refractivity contribution in [3.63, 3.8) is 0 Å². The van der Waals surface area contributed by atoms with Crippen LogP contribution in [0, 0.1) is 6.92 Å². The quantitative estimate of drug-likeness (QED) is 0.504. The van der Waals surface area contributed by atoms with Crippen LogP contribution in [0.2, 0.25) is 0 Å². The van der Waals surface area contributed by atoms with E-state index in [1.54, 1.807) is 17.6 Å². The number of oxazole rings is 1. The number of thiophene rings is 1. The number of nitrogens with one attached hydrogen (secondary N) is 1. The smallest absolute Gasteiger partial charge is 0.226 e. The lowest BCUT2D eigenvalue weighted by Gasteiger charge is -2.03.